The lowest BCUT2D eigenvalue weighted by Crippen LogP contribution is -2.50. The van der Waals surface area contributed by atoms with E-state index in [0.29, 0.717) is 16.5 Å². The van der Waals surface area contributed by atoms with Gasteiger partial charge in [0.2, 0.25) is 11.6 Å². The topological polar surface area (TPSA) is 106 Å². The Morgan fingerprint density at radius 2 is 1.81 bits per heavy atom. The minimum absolute atomic E-state index is 0.0330. The van der Waals surface area contributed by atoms with Gasteiger partial charge in [0.25, 0.3) is 11.5 Å². The predicted octanol–water partition coefficient (Wildman–Crippen LogP) is 0.814. The number of carbonyl (C=O) groups is 1. The van der Waals surface area contributed by atoms with Crippen molar-refractivity contribution in [2.75, 3.05) is 17.3 Å². The zero-order valence-corrected chi connectivity index (χ0v) is 13.8. The average Bonchev–Trinajstić information content (AvgIpc) is 2.84. The molecule has 5 rings (SSSR count). The number of aromatic nitrogens is 2. The molecule has 0 saturated heterocycles. The molecular weight excluding hydrogens is 332 g/mol. The number of aliphatic imine (C=N–C) groups is 1. The van der Waals surface area contributed by atoms with E-state index >= 15 is 0 Å². The molecule has 1 atom stereocenters. The molecule has 1 aromatic heterocycles. The van der Waals surface area contributed by atoms with Crippen LogP contribution in [0.25, 0.3) is 10.9 Å². The smallest absolute Gasteiger partial charge is 0.282 e. The van der Waals surface area contributed by atoms with Gasteiger partial charge in [0.05, 0.1) is 16.6 Å². The summed E-state index contributed by atoms with van der Waals surface area (Å²) in [6.07, 6.45) is 0. The Bertz CT molecular complexity index is 1200. The molecule has 0 bridgehead atoms. The Kier molecular flexibility index (Phi) is 2.64. The van der Waals surface area contributed by atoms with Crippen molar-refractivity contribution in [3.05, 3.63) is 64.4 Å². The molecule has 8 nitrogen and oxygen atoms in total. The number of nitrogens with zero attached hydrogens (tertiary/aromatic N) is 4. The van der Waals surface area contributed by atoms with Gasteiger partial charge in [-0.15, -0.1) is 0 Å². The zero-order chi connectivity index (χ0) is 18.1. The van der Waals surface area contributed by atoms with Crippen molar-refractivity contribution in [2.45, 2.75) is 5.66 Å². The average molecular weight is 346 g/mol. The Labute approximate surface area is 147 Å². The highest BCUT2D eigenvalue weighted by Crippen LogP contribution is 2.46. The van der Waals surface area contributed by atoms with Crippen LogP contribution in [0.3, 0.4) is 0 Å². The number of hydrogen-bond acceptors (Lipinski definition) is 6. The second kappa shape index (κ2) is 4.69. The van der Waals surface area contributed by atoms with Gasteiger partial charge in [0.1, 0.15) is 0 Å². The highest BCUT2D eigenvalue weighted by Gasteiger charge is 2.54. The minimum Gasteiger partial charge on any atom is -0.370 e. The third-order valence-corrected chi connectivity index (χ3v) is 4.88. The summed E-state index contributed by atoms with van der Waals surface area (Å²) in [5, 5.41) is 3.23. The van der Waals surface area contributed by atoms with E-state index in [9.17, 15) is 9.59 Å². The summed E-state index contributed by atoms with van der Waals surface area (Å²) in [6.45, 7) is 0. The van der Waals surface area contributed by atoms with E-state index in [1.807, 2.05) is 24.3 Å². The SMILES string of the molecule is CN1C(=O)[C@@]2(N=C(N)Nc3nc(=O)c4ccccc4n32)c2ccccc21. The van der Waals surface area contributed by atoms with Crippen molar-refractivity contribution in [1.29, 1.82) is 0 Å². The third-order valence-electron chi connectivity index (χ3n) is 4.88. The number of hydrogen-bond donors (Lipinski definition) is 2. The van der Waals surface area contributed by atoms with Crippen LogP contribution in [0.2, 0.25) is 0 Å². The van der Waals surface area contributed by atoms with Crippen LogP contribution in [0.15, 0.2) is 58.3 Å². The van der Waals surface area contributed by atoms with Gasteiger partial charge in [-0.05, 0) is 18.2 Å². The first-order valence-corrected chi connectivity index (χ1v) is 8.06. The number of nitrogens with two attached hydrogens (primary N) is 1. The molecule has 0 aliphatic carbocycles. The summed E-state index contributed by atoms with van der Waals surface area (Å²) < 4.78 is 1.66. The van der Waals surface area contributed by atoms with E-state index in [0.717, 1.165) is 5.69 Å². The van der Waals surface area contributed by atoms with Crippen molar-refractivity contribution < 1.29 is 4.79 Å². The molecule has 26 heavy (non-hydrogen) atoms. The number of guanidine groups is 1. The molecule has 0 radical (unpaired) electrons. The highest BCUT2D eigenvalue weighted by atomic mass is 16.2. The molecule has 2 aromatic carbocycles. The van der Waals surface area contributed by atoms with E-state index in [1.54, 1.807) is 40.8 Å². The molecule has 1 spiro atoms. The van der Waals surface area contributed by atoms with E-state index < -0.39 is 11.2 Å². The molecule has 1 amide bonds. The molecule has 0 fully saturated rings. The molecule has 3 heterocycles. The van der Waals surface area contributed by atoms with Gasteiger partial charge in [0, 0.05) is 12.6 Å². The Balaban J connectivity index is 2.00. The number of anilines is 2. The van der Waals surface area contributed by atoms with Gasteiger partial charge >= 0.3 is 0 Å². The van der Waals surface area contributed by atoms with E-state index in [4.69, 9.17) is 5.73 Å². The Morgan fingerprint density at radius 3 is 2.65 bits per heavy atom. The van der Waals surface area contributed by atoms with Crippen LogP contribution in [0.5, 0.6) is 0 Å². The van der Waals surface area contributed by atoms with E-state index in [-0.39, 0.29) is 17.8 Å². The van der Waals surface area contributed by atoms with Crippen molar-refractivity contribution >= 4 is 34.4 Å². The second-order valence-electron chi connectivity index (χ2n) is 6.27. The highest BCUT2D eigenvalue weighted by molar-refractivity contribution is 6.11. The molecule has 0 saturated carbocycles. The van der Waals surface area contributed by atoms with Gasteiger partial charge in [-0.25, -0.2) is 4.99 Å². The maximum Gasteiger partial charge on any atom is 0.282 e. The van der Waals surface area contributed by atoms with Crippen LogP contribution in [-0.4, -0.2) is 28.5 Å². The van der Waals surface area contributed by atoms with Crippen LogP contribution >= 0.6 is 0 Å². The fraction of sp³-hybridized carbons (Fsp3) is 0.111. The largest absolute Gasteiger partial charge is 0.370 e. The monoisotopic (exact) mass is 346 g/mol. The van der Waals surface area contributed by atoms with Gasteiger partial charge in [-0.3, -0.25) is 19.5 Å². The number of likely N-dealkylation sites (N-methyl/N-ethyl adjacent to an activating group) is 1. The molecule has 2 aliphatic rings. The molecule has 128 valence electrons. The van der Waals surface area contributed by atoms with Crippen LogP contribution in [0.1, 0.15) is 5.56 Å². The first kappa shape index (κ1) is 14.6. The lowest BCUT2D eigenvalue weighted by atomic mass is 9.99. The van der Waals surface area contributed by atoms with Gasteiger partial charge < -0.3 is 10.6 Å². The second-order valence-corrected chi connectivity index (χ2v) is 6.27. The molecule has 3 N–H and O–H groups in total. The quantitative estimate of drug-likeness (QED) is 0.627. The van der Waals surface area contributed by atoms with E-state index in [1.165, 1.54) is 0 Å². The molecule has 0 unspecified atom stereocenters. The number of rotatable bonds is 0. The summed E-state index contributed by atoms with van der Waals surface area (Å²) >= 11 is 0. The number of nitrogens with one attached hydrogen (secondary N) is 1. The maximum atomic E-state index is 13.4. The third kappa shape index (κ3) is 1.58. The normalized spacial score (nSPS) is 20.7. The summed E-state index contributed by atoms with van der Waals surface area (Å²) in [6, 6.07) is 14.4. The van der Waals surface area contributed by atoms with Crippen LogP contribution in [0.4, 0.5) is 11.6 Å². The standard InChI is InChI=1S/C18H14N6O2/c1-23-13-9-5-3-7-11(13)18(15(23)26)22-16(19)21-17-20-14(25)10-6-2-4-8-12(10)24(17)18/h2-9H,1H3,(H3,19,20,21,22,25)/t18-/m1/s1. The minimum atomic E-state index is -1.43. The van der Waals surface area contributed by atoms with E-state index in [2.05, 4.69) is 15.3 Å². The predicted molar refractivity (Wildman–Crippen MR) is 98.2 cm³/mol. The fourth-order valence-electron chi connectivity index (χ4n) is 3.79. The van der Waals surface area contributed by atoms with Crippen LogP contribution in [-0.2, 0) is 10.5 Å². The van der Waals surface area contributed by atoms with Gasteiger partial charge in [0.15, 0.2) is 5.96 Å². The summed E-state index contributed by atoms with van der Waals surface area (Å²) in [5.74, 6) is -0.0368. The van der Waals surface area contributed by atoms with Gasteiger partial charge in [-0.1, -0.05) is 30.3 Å². The lowest BCUT2D eigenvalue weighted by molar-refractivity contribution is -0.123. The number of fused-ring (bicyclic) bond motifs is 6. The molecule has 3 aromatic rings. The van der Waals surface area contributed by atoms with Crippen LogP contribution < -0.4 is 21.5 Å². The molecule has 8 heteroatoms. The number of para-hydroxylation sites is 2. The first-order valence-electron chi connectivity index (χ1n) is 8.06. The van der Waals surface area contributed by atoms with Crippen molar-refractivity contribution in [2.24, 2.45) is 10.7 Å². The number of amides is 1. The Morgan fingerprint density at radius 1 is 1.08 bits per heavy atom. The first-order chi connectivity index (χ1) is 12.5. The maximum absolute atomic E-state index is 13.4. The molecule has 2 aliphatic heterocycles. The fourth-order valence-corrected chi connectivity index (χ4v) is 3.79. The zero-order valence-electron chi connectivity index (χ0n) is 13.8. The summed E-state index contributed by atoms with van der Waals surface area (Å²) in [4.78, 5) is 36.0. The van der Waals surface area contributed by atoms with Gasteiger partial charge in [-0.2, -0.15) is 4.98 Å². The van der Waals surface area contributed by atoms with Crippen molar-refractivity contribution in [1.82, 2.24) is 9.55 Å². The van der Waals surface area contributed by atoms with Crippen molar-refractivity contribution in [3.8, 4) is 0 Å². The molecular formula is C18H14N6O2. The lowest BCUT2D eigenvalue weighted by Gasteiger charge is -2.34. The number of benzene rings is 2. The van der Waals surface area contributed by atoms with Crippen LogP contribution in [0, 0.1) is 0 Å². The Hall–Kier alpha value is -3.68. The summed E-state index contributed by atoms with van der Waals surface area (Å²) in [7, 11) is 1.70. The number of carbonyl (C=O) groups excluding carboxylic acids is 1. The summed E-state index contributed by atoms with van der Waals surface area (Å²) in [5.41, 5.74) is 6.14. The van der Waals surface area contributed by atoms with Crippen molar-refractivity contribution in [3.63, 3.8) is 0 Å².